The molecule has 0 saturated carbocycles. The van der Waals surface area contributed by atoms with Gasteiger partial charge in [0.1, 0.15) is 0 Å². The summed E-state index contributed by atoms with van der Waals surface area (Å²) in [5.74, 6) is 0.0688. The first-order valence-electron chi connectivity index (χ1n) is 10.6. The van der Waals surface area contributed by atoms with E-state index in [9.17, 15) is 4.79 Å². The van der Waals surface area contributed by atoms with Crippen molar-refractivity contribution in [2.24, 2.45) is 0 Å². The van der Waals surface area contributed by atoms with E-state index >= 15 is 0 Å². The number of hydrogen-bond donors (Lipinski definition) is 1. The minimum atomic E-state index is 0.0688. The van der Waals surface area contributed by atoms with Crippen LogP contribution in [0.4, 0.5) is 11.4 Å². The molecule has 31 heavy (non-hydrogen) atoms. The van der Waals surface area contributed by atoms with Gasteiger partial charge in [0.15, 0.2) is 0 Å². The lowest BCUT2D eigenvalue weighted by molar-refractivity contribution is 0.0762. The SMILES string of the molecule is N#Cc1ccc(CN2CCCN(C(=O)c3ccccc3Nc3ccccc3)CC2)cc1. The highest BCUT2D eigenvalue weighted by Gasteiger charge is 2.22. The zero-order valence-electron chi connectivity index (χ0n) is 17.5. The minimum absolute atomic E-state index is 0.0688. The fourth-order valence-electron chi connectivity index (χ4n) is 3.90. The molecule has 0 bridgehead atoms. The molecule has 0 aromatic heterocycles. The summed E-state index contributed by atoms with van der Waals surface area (Å²) in [7, 11) is 0. The third kappa shape index (κ3) is 5.30. The summed E-state index contributed by atoms with van der Waals surface area (Å²) in [5.41, 5.74) is 4.37. The Morgan fingerprint density at radius 3 is 2.39 bits per heavy atom. The molecule has 1 fully saturated rings. The molecule has 5 heteroatoms. The van der Waals surface area contributed by atoms with Gasteiger partial charge in [0.05, 0.1) is 22.9 Å². The van der Waals surface area contributed by atoms with E-state index in [4.69, 9.17) is 5.26 Å². The summed E-state index contributed by atoms with van der Waals surface area (Å²) in [6.45, 7) is 4.07. The monoisotopic (exact) mass is 410 g/mol. The fourth-order valence-corrected chi connectivity index (χ4v) is 3.90. The number of benzene rings is 3. The first-order chi connectivity index (χ1) is 15.2. The van der Waals surface area contributed by atoms with E-state index in [1.54, 1.807) is 0 Å². The number of hydrogen-bond acceptors (Lipinski definition) is 4. The van der Waals surface area contributed by atoms with E-state index in [1.165, 1.54) is 5.56 Å². The van der Waals surface area contributed by atoms with Gasteiger partial charge in [0.25, 0.3) is 5.91 Å². The van der Waals surface area contributed by atoms with E-state index in [2.05, 4.69) is 16.3 Å². The van der Waals surface area contributed by atoms with Gasteiger partial charge in [-0.25, -0.2) is 0 Å². The fraction of sp³-hybridized carbons (Fsp3) is 0.231. The molecule has 0 aliphatic carbocycles. The van der Waals surface area contributed by atoms with Crippen molar-refractivity contribution in [3.8, 4) is 6.07 Å². The number of anilines is 2. The molecular formula is C26H26N4O. The van der Waals surface area contributed by atoms with E-state index in [0.717, 1.165) is 44.0 Å². The second-order valence-corrected chi connectivity index (χ2v) is 7.77. The number of para-hydroxylation sites is 2. The molecule has 0 unspecified atom stereocenters. The molecular weight excluding hydrogens is 384 g/mol. The third-order valence-corrected chi connectivity index (χ3v) is 5.58. The van der Waals surface area contributed by atoms with Gasteiger partial charge in [-0.2, -0.15) is 5.26 Å². The summed E-state index contributed by atoms with van der Waals surface area (Å²) in [6, 6.07) is 27.5. The van der Waals surface area contributed by atoms with Crippen LogP contribution in [0.15, 0.2) is 78.9 Å². The molecule has 0 radical (unpaired) electrons. The number of nitrogens with zero attached hydrogens (tertiary/aromatic N) is 3. The Hall–Kier alpha value is -3.62. The number of amides is 1. The van der Waals surface area contributed by atoms with E-state index in [-0.39, 0.29) is 5.91 Å². The van der Waals surface area contributed by atoms with Crippen molar-refractivity contribution >= 4 is 17.3 Å². The summed E-state index contributed by atoms with van der Waals surface area (Å²) in [5, 5.41) is 12.3. The van der Waals surface area contributed by atoms with Crippen molar-refractivity contribution in [3.63, 3.8) is 0 Å². The zero-order chi connectivity index (χ0) is 21.5. The summed E-state index contributed by atoms with van der Waals surface area (Å²) in [6.07, 6.45) is 0.941. The Bertz CT molecular complexity index is 1060. The van der Waals surface area contributed by atoms with Gasteiger partial charge in [-0.3, -0.25) is 9.69 Å². The van der Waals surface area contributed by atoms with Crippen molar-refractivity contribution in [2.45, 2.75) is 13.0 Å². The van der Waals surface area contributed by atoms with Gasteiger partial charge in [-0.05, 0) is 48.4 Å². The molecule has 1 aliphatic heterocycles. The number of carbonyl (C=O) groups excluding carboxylic acids is 1. The normalized spacial score (nSPS) is 14.5. The second kappa shape index (κ2) is 9.92. The number of nitriles is 1. The van der Waals surface area contributed by atoms with E-state index < -0.39 is 0 Å². The molecule has 1 aliphatic rings. The first-order valence-corrected chi connectivity index (χ1v) is 10.6. The summed E-state index contributed by atoms with van der Waals surface area (Å²) in [4.78, 5) is 17.7. The molecule has 1 heterocycles. The van der Waals surface area contributed by atoms with Crippen LogP contribution in [-0.4, -0.2) is 41.9 Å². The molecule has 1 N–H and O–H groups in total. The van der Waals surface area contributed by atoms with Gasteiger partial charge in [0, 0.05) is 38.4 Å². The van der Waals surface area contributed by atoms with Crippen LogP contribution < -0.4 is 5.32 Å². The van der Waals surface area contributed by atoms with Gasteiger partial charge >= 0.3 is 0 Å². The van der Waals surface area contributed by atoms with Crippen LogP contribution in [0, 0.1) is 11.3 Å². The molecule has 0 spiro atoms. The van der Waals surface area contributed by atoms with Crippen molar-refractivity contribution in [1.29, 1.82) is 5.26 Å². The molecule has 1 saturated heterocycles. The smallest absolute Gasteiger partial charge is 0.256 e. The van der Waals surface area contributed by atoms with Crippen LogP contribution in [0.25, 0.3) is 0 Å². The maximum absolute atomic E-state index is 13.3. The van der Waals surface area contributed by atoms with Crippen LogP contribution in [0.5, 0.6) is 0 Å². The maximum Gasteiger partial charge on any atom is 0.256 e. The quantitative estimate of drug-likeness (QED) is 0.665. The van der Waals surface area contributed by atoms with Crippen LogP contribution >= 0.6 is 0 Å². The predicted octanol–water partition coefficient (Wildman–Crippen LogP) is 4.65. The van der Waals surface area contributed by atoms with E-state index in [0.29, 0.717) is 17.7 Å². The lowest BCUT2D eigenvalue weighted by Gasteiger charge is -2.23. The molecule has 5 nitrogen and oxygen atoms in total. The van der Waals surface area contributed by atoms with Gasteiger partial charge in [0.2, 0.25) is 0 Å². The maximum atomic E-state index is 13.3. The Morgan fingerprint density at radius 2 is 1.61 bits per heavy atom. The highest BCUT2D eigenvalue weighted by Crippen LogP contribution is 2.23. The Morgan fingerprint density at radius 1 is 0.871 bits per heavy atom. The van der Waals surface area contributed by atoms with Gasteiger partial charge in [-0.1, -0.05) is 42.5 Å². The molecule has 3 aromatic rings. The second-order valence-electron chi connectivity index (χ2n) is 7.77. The van der Waals surface area contributed by atoms with Crippen LogP contribution in [0.2, 0.25) is 0 Å². The summed E-state index contributed by atoms with van der Waals surface area (Å²) >= 11 is 0. The Balaban J connectivity index is 1.41. The number of rotatable bonds is 5. The lowest BCUT2D eigenvalue weighted by atomic mass is 10.1. The zero-order valence-corrected chi connectivity index (χ0v) is 17.5. The van der Waals surface area contributed by atoms with Crippen LogP contribution in [0.3, 0.4) is 0 Å². The topological polar surface area (TPSA) is 59.4 Å². The molecule has 1 amide bonds. The molecule has 0 atom stereocenters. The standard InChI is InChI=1S/C26H26N4O/c27-19-21-11-13-22(14-12-21)20-29-15-6-16-30(18-17-29)26(31)24-9-4-5-10-25(24)28-23-7-2-1-3-8-23/h1-5,7-14,28H,6,15-18,20H2. The highest BCUT2D eigenvalue weighted by atomic mass is 16.2. The number of carbonyl (C=O) groups is 1. The van der Waals surface area contributed by atoms with Crippen LogP contribution in [-0.2, 0) is 6.54 Å². The Kier molecular flexibility index (Phi) is 6.61. The van der Waals surface area contributed by atoms with Gasteiger partial charge in [-0.15, -0.1) is 0 Å². The number of nitrogens with one attached hydrogen (secondary N) is 1. The molecule has 3 aromatic carbocycles. The largest absolute Gasteiger partial charge is 0.355 e. The molecule has 156 valence electrons. The average molecular weight is 411 g/mol. The van der Waals surface area contributed by atoms with E-state index in [1.807, 2.05) is 83.8 Å². The predicted molar refractivity (Wildman–Crippen MR) is 123 cm³/mol. The highest BCUT2D eigenvalue weighted by molar-refractivity contribution is 6.00. The van der Waals surface area contributed by atoms with Crippen molar-refractivity contribution < 1.29 is 4.79 Å². The summed E-state index contributed by atoms with van der Waals surface area (Å²) < 4.78 is 0. The van der Waals surface area contributed by atoms with Crippen molar-refractivity contribution in [1.82, 2.24) is 9.80 Å². The lowest BCUT2D eigenvalue weighted by Crippen LogP contribution is -2.35. The average Bonchev–Trinajstić information content (AvgIpc) is 3.06. The Labute approximate surface area is 183 Å². The van der Waals surface area contributed by atoms with Crippen molar-refractivity contribution in [3.05, 3.63) is 95.6 Å². The first kappa shape index (κ1) is 20.6. The molecule has 4 rings (SSSR count). The third-order valence-electron chi connectivity index (χ3n) is 5.58. The minimum Gasteiger partial charge on any atom is -0.355 e. The van der Waals surface area contributed by atoms with Crippen molar-refractivity contribution in [2.75, 3.05) is 31.5 Å². The van der Waals surface area contributed by atoms with Crippen LogP contribution in [0.1, 0.15) is 27.9 Å². The van der Waals surface area contributed by atoms with Gasteiger partial charge < -0.3 is 10.2 Å².